The molecule has 2 rings (SSSR count). The molecule has 0 saturated carbocycles. The Hall–Kier alpha value is -1.39. The van der Waals surface area contributed by atoms with Gasteiger partial charge in [-0.25, -0.2) is 9.59 Å². The molecule has 2 aliphatic heterocycles. The van der Waals surface area contributed by atoms with Crippen LogP contribution in [-0.2, 0) is 14.3 Å². The molecule has 1 saturated heterocycles. The molecule has 4 N–H and O–H groups in total. The fourth-order valence-corrected chi connectivity index (χ4v) is 4.87. The molecule has 0 unspecified atom stereocenters. The molecule has 0 aromatic heterocycles. The van der Waals surface area contributed by atoms with Crippen LogP contribution in [0.1, 0.15) is 6.42 Å². The number of carbonyl (C=O) groups excluding carboxylic acids is 2. The van der Waals surface area contributed by atoms with Crippen LogP contribution >= 0.6 is 23.5 Å². The molecule has 0 aromatic carbocycles. The second-order valence-electron chi connectivity index (χ2n) is 4.29. The van der Waals surface area contributed by atoms with E-state index in [4.69, 9.17) is 10.8 Å². The zero-order valence-corrected chi connectivity index (χ0v) is 12.5. The molecule has 0 spiro atoms. The first-order valence-electron chi connectivity index (χ1n) is 6.10. The number of aliphatic hydroxyl groups excluding tert-OH is 1. The molecule has 10 heteroatoms. The van der Waals surface area contributed by atoms with E-state index in [1.54, 1.807) is 0 Å². The number of aliphatic hydroxyl groups is 1. The minimum atomic E-state index is -1.17. The summed E-state index contributed by atoms with van der Waals surface area (Å²) in [6.45, 7) is -0.0473. The molecule has 0 aromatic rings. The van der Waals surface area contributed by atoms with Crippen LogP contribution < -0.4 is 5.73 Å². The van der Waals surface area contributed by atoms with Crippen LogP contribution in [0.5, 0.6) is 0 Å². The topological polar surface area (TPSA) is 130 Å². The Morgan fingerprint density at radius 2 is 2.19 bits per heavy atom. The number of carboxylic acid groups (broad SMARTS) is 1. The molecule has 2 amide bonds. The second-order valence-corrected chi connectivity index (χ2v) is 6.78. The van der Waals surface area contributed by atoms with E-state index in [1.165, 1.54) is 28.4 Å². The maximum absolute atomic E-state index is 11.9. The number of hydrogen-bond donors (Lipinski definition) is 3. The first-order valence-corrected chi connectivity index (χ1v) is 7.97. The Labute approximate surface area is 128 Å². The first kappa shape index (κ1) is 16.0. The minimum Gasteiger partial charge on any atom is -0.477 e. The summed E-state index contributed by atoms with van der Waals surface area (Å²) in [6, 6.07) is 0. The summed E-state index contributed by atoms with van der Waals surface area (Å²) in [5.74, 6) is -1.45. The Bertz CT molecular complexity index is 509. The predicted molar refractivity (Wildman–Crippen MR) is 76.1 cm³/mol. The number of thioether (sulfide) groups is 2. The van der Waals surface area contributed by atoms with Crippen molar-refractivity contribution in [2.75, 3.05) is 19.0 Å². The van der Waals surface area contributed by atoms with Crippen LogP contribution in [0.4, 0.5) is 4.79 Å². The van der Waals surface area contributed by atoms with Crippen molar-refractivity contribution in [1.29, 1.82) is 0 Å². The average Bonchev–Trinajstić information content (AvgIpc) is 2.76. The summed E-state index contributed by atoms with van der Waals surface area (Å²) in [7, 11) is 0. The zero-order chi connectivity index (χ0) is 15.6. The molecule has 2 atom stereocenters. The number of ether oxygens (including phenoxy) is 1. The number of hydrogen-bond acceptors (Lipinski definition) is 7. The third-order valence-electron chi connectivity index (χ3n) is 3.02. The Balaban J connectivity index is 2.01. The summed E-state index contributed by atoms with van der Waals surface area (Å²) in [5, 5.41) is 17.9. The van der Waals surface area contributed by atoms with E-state index in [-0.39, 0.29) is 36.1 Å². The largest absolute Gasteiger partial charge is 0.477 e. The highest BCUT2D eigenvalue weighted by Crippen LogP contribution is 2.53. The molecular weight excluding hydrogens is 320 g/mol. The van der Waals surface area contributed by atoms with Crippen LogP contribution in [0.3, 0.4) is 0 Å². The van der Waals surface area contributed by atoms with Crippen LogP contribution in [0.15, 0.2) is 9.93 Å². The molecule has 1 fully saturated rings. The Kier molecular flexibility index (Phi) is 5.01. The van der Waals surface area contributed by atoms with Crippen LogP contribution in [-0.4, -0.2) is 57.4 Å². The number of β-lactam (4-membered cyclic amide) rings is 1. The third kappa shape index (κ3) is 3.11. The van der Waals surface area contributed by atoms with E-state index in [1.807, 2.05) is 0 Å². The van der Waals surface area contributed by atoms with Crippen LogP contribution in [0.25, 0.3) is 0 Å². The van der Waals surface area contributed by atoms with Gasteiger partial charge in [-0.3, -0.25) is 9.69 Å². The van der Waals surface area contributed by atoms with E-state index in [0.29, 0.717) is 16.4 Å². The summed E-state index contributed by atoms with van der Waals surface area (Å²) in [4.78, 5) is 34.9. The maximum atomic E-state index is 11.9. The molecule has 21 heavy (non-hydrogen) atoms. The van der Waals surface area contributed by atoms with Gasteiger partial charge >= 0.3 is 12.1 Å². The number of fused-ring (bicyclic) bond motifs is 1. The number of carbonyl (C=O) groups is 3. The quantitative estimate of drug-likeness (QED) is 0.437. The first-order chi connectivity index (χ1) is 9.97. The highest BCUT2D eigenvalue weighted by atomic mass is 32.2. The second kappa shape index (κ2) is 6.58. The van der Waals surface area contributed by atoms with E-state index in [9.17, 15) is 19.5 Å². The summed E-state index contributed by atoms with van der Waals surface area (Å²) >= 11 is 2.50. The predicted octanol–water partition coefficient (Wildman–Crippen LogP) is -0.0177. The lowest BCUT2D eigenvalue weighted by Crippen LogP contribution is -2.57. The standard InChI is InChI=1S/C11H14N2O6S2/c12-11(18)19-3-4-20-10-6(9(16)17)13-7(15)5(1-2-14)8(13)21-10/h5,8,14H,1-4H2,(H2,12,18)(H,16,17)/t5-,8+/m0/s1. The van der Waals surface area contributed by atoms with E-state index >= 15 is 0 Å². The van der Waals surface area contributed by atoms with Gasteiger partial charge in [0.15, 0.2) is 5.70 Å². The monoisotopic (exact) mass is 334 g/mol. The molecule has 2 aliphatic rings. The van der Waals surface area contributed by atoms with Gasteiger partial charge in [-0.2, -0.15) is 0 Å². The van der Waals surface area contributed by atoms with Crippen molar-refractivity contribution in [3.8, 4) is 0 Å². The fourth-order valence-electron chi connectivity index (χ4n) is 2.13. The average molecular weight is 334 g/mol. The van der Waals surface area contributed by atoms with Gasteiger partial charge in [0.05, 0.1) is 15.5 Å². The van der Waals surface area contributed by atoms with E-state index < -0.39 is 12.1 Å². The Morgan fingerprint density at radius 3 is 2.76 bits per heavy atom. The number of nitrogens with zero attached hydrogens (tertiary/aromatic N) is 1. The number of primary amides is 1. The van der Waals surface area contributed by atoms with Crippen molar-refractivity contribution >= 4 is 41.5 Å². The number of aliphatic carboxylic acids is 1. The highest BCUT2D eigenvalue weighted by Gasteiger charge is 2.55. The SMILES string of the molecule is NC(=O)OCCSC1=C(C(=O)O)N2C(=O)[C@H](CCO)[C@H]2S1. The highest BCUT2D eigenvalue weighted by molar-refractivity contribution is 8.22. The molecule has 0 aliphatic carbocycles. The van der Waals surface area contributed by atoms with Crippen LogP contribution in [0, 0.1) is 5.92 Å². The number of carboxylic acids is 1. The molecular formula is C11H14N2O6S2. The van der Waals surface area contributed by atoms with Gasteiger partial charge < -0.3 is 20.7 Å². The number of rotatable bonds is 7. The summed E-state index contributed by atoms with van der Waals surface area (Å²) < 4.78 is 5.08. The van der Waals surface area contributed by atoms with Crippen molar-refractivity contribution in [2.24, 2.45) is 11.7 Å². The number of nitrogens with two attached hydrogens (primary N) is 1. The molecule has 2 heterocycles. The molecule has 0 bridgehead atoms. The van der Waals surface area contributed by atoms with Gasteiger partial charge in [-0.1, -0.05) is 11.8 Å². The van der Waals surface area contributed by atoms with E-state index in [0.717, 1.165) is 0 Å². The summed E-state index contributed by atoms with van der Waals surface area (Å²) in [5.41, 5.74) is 4.79. The van der Waals surface area contributed by atoms with Gasteiger partial charge in [0.2, 0.25) is 5.91 Å². The molecule has 0 radical (unpaired) electrons. The van der Waals surface area contributed by atoms with Crippen molar-refractivity contribution in [2.45, 2.75) is 11.8 Å². The molecule has 8 nitrogen and oxygen atoms in total. The fraction of sp³-hybridized carbons (Fsp3) is 0.545. The smallest absolute Gasteiger partial charge is 0.404 e. The normalized spacial score (nSPS) is 23.9. The number of amides is 2. The lowest BCUT2D eigenvalue weighted by molar-refractivity contribution is -0.152. The zero-order valence-electron chi connectivity index (χ0n) is 10.9. The van der Waals surface area contributed by atoms with E-state index in [2.05, 4.69) is 4.74 Å². The summed E-state index contributed by atoms with van der Waals surface area (Å²) in [6.07, 6.45) is -0.563. The lowest BCUT2D eigenvalue weighted by Gasteiger charge is -2.41. The maximum Gasteiger partial charge on any atom is 0.404 e. The van der Waals surface area contributed by atoms with Crippen molar-refractivity contribution in [1.82, 2.24) is 4.90 Å². The minimum absolute atomic E-state index is 0.0340. The van der Waals surface area contributed by atoms with Crippen molar-refractivity contribution in [3.05, 3.63) is 9.93 Å². The van der Waals surface area contributed by atoms with Crippen molar-refractivity contribution < 1.29 is 29.3 Å². The van der Waals surface area contributed by atoms with Gasteiger partial charge in [0, 0.05) is 12.4 Å². The Morgan fingerprint density at radius 1 is 1.48 bits per heavy atom. The molecule has 116 valence electrons. The third-order valence-corrected chi connectivity index (χ3v) is 5.68. The van der Waals surface area contributed by atoms with Crippen LogP contribution in [0.2, 0.25) is 0 Å². The van der Waals surface area contributed by atoms with Gasteiger partial charge in [0.25, 0.3) is 0 Å². The van der Waals surface area contributed by atoms with Gasteiger partial charge in [0.1, 0.15) is 6.61 Å². The van der Waals surface area contributed by atoms with Gasteiger partial charge in [-0.05, 0) is 6.42 Å². The van der Waals surface area contributed by atoms with Crippen molar-refractivity contribution in [3.63, 3.8) is 0 Å². The van der Waals surface area contributed by atoms with Gasteiger partial charge in [-0.15, -0.1) is 11.8 Å². The lowest BCUT2D eigenvalue weighted by atomic mass is 9.94.